The lowest BCUT2D eigenvalue weighted by Gasteiger charge is -2.10. The molecular weight excluding hydrogens is 138 g/mol. The molecule has 0 saturated carbocycles. The number of rotatable bonds is 3. The summed E-state index contributed by atoms with van der Waals surface area (Å²) in [5, 5.41) is 3.14. The predicted molar refractivity (Wildman–Crippen MR) is 44.1 cm³/mol. The van der Waals surface area contributed by atoms with E-state index in [4.69, 9.17) is 0 Å². The van der Waals surface area contributed by atoms with Gasteiger partial charge in [-0.1, -0.05) is 6.92 Å². The van der Waals surface area contributed by atoms with Crippen molar-refractivity contribution in [2.75, 3.05) is 7.05 Å². The minimum atomic E-state index is 0.288. The van der Waals surface area contributed by atoms with Crippen LogP contribution >= 0.6 is 0 Å². The van der Waals surface area contributed by atoms with E-state index in [9.17, 15) is 0 Å². The van der Waals surface area contributed by atoms with Crippen LogP contribution in [-0.4, -0.2) is 17.0 Å². The summed E-state index contributed by atoms with van der Waals surface area (Å²) in [6.07, 6.45) is 4.55. The molecule has 0 aliphatic rings. The zero-order chi connectivity index (χ0) is 8.10. The van der Waals surface area contributed by atoms with Crippen LogP contribution in [0.4, 0.5) is 0 Å². The molecule has 0 saturated heterocycles. The van der Waals surface area contributed by atoms with Crippen molar-refractivity contribution in [3.63, 3.8) is 0 Å². The molecule has 0 aliphatic heterocycles. The highest BCUT2D eigenvalue weighted by molar-refractivity contribution is 4.94. The number of hydrogen-bond donors (Lipinski definition) is 1. The second-order valence-electron chi connectivity index (χ2n) is 2.36. The summed E-state index contributed by atoms with van der Waals surface area (Å²) in [4.78, 5) is 8.29. The maximum absolute atomic E-state index is 4.15. The Hall–Kier alpha value is -0.960. The van der Waals surface area contributed by atoms with Gasteiger partial charge in [0, 0.05) is 12.4 Å². The Morgan fingerprint density at radius 2 is 2.09 bits per heavy atom. The van der Waals surface area contributed by atoms with Gasteiger partial charge < -0.3 is 5.32 Å². The molecule has 60 valence electrons. The van der Waals surface area contributed by atoms with Crippen molar-refractivity contribution in [2.45, 2.75) is 19.4 Å². The van der Waals surface area contributed by atoms with Crippen LogP contribution in [0, 0.1) is 0 Å². The van der Waals surface area contributed by atoms with Gasteiger partial charge in [-0.25, -0.2) is 9.97 Å². The van der Waals surface area contributed by atoms with E-state index in [1.807, 2.05) is 13.1 Å². The summed E-state index contributed by atoms with van der Waals surface area (Å²) in [6, 6.07) is 2.11. The van der Waals surface area contributed by atoms with Gasteiger partial charge in [0.05, 0.1) is 6.04 Å². The van der Waals surface area contributed by atoms with Gasteiger partial charge in [0.15, 0.2) is 0 Å². The fraction of sp³-hybridized carbons (Fsp3) is 0.500. The Morgan fingerprint density at radius 3 is 2.55 bits per heavy atom. The SMILES string of the molecule is CCC(NC)c1ncccn1. The third-order valence-corrected chi connectivity index (χ3v) is 1.65. The number of aromatic nitrogens is 2. The van der Waals surface area contributed by atoms with Crippen LogP contribution in [-0.2, 0) is 0 Å². The Labute approximate surface area is 66.9 Å². The summed E-state index contributed by atoms with van der Waals surface area (Å²) >= 11 is 0. The molecule has 0 bridgehead atoms. The minimum Gasteiger partial charge on any atom is -0.310 e. The monoisotopic (exact) mass is 151 g/mol. The first-order chi connectivity index (χ1) is 5.38. The largest absolute Gasteiger partial charge is 0.310 e. The standard InChI is InChI=1S/C8H13N3/c1-3-7(9-2)8-10-5-4-6-11-8/h4-7,9H,3H2,1-2H3. The van der Waals surface area contributed by atoms with E-state index in [0.717, 1.165) is 12.2 Å². The van der Waals surface area contributed by atoms with E-state index < -0.39 is 0 Å². The molecule has 11 heavy (non-hydrogen) atoms. The maximum atomic E-state index is 4.15. The van der Waals surface area contributed by atoms with Crippen LogP contribution in [0.15, 0.2) is 18.5 Å². The van der Waals surface area contributed by atoms with Gasteiger partial charge in [0.1, 0.15) is 5.82 Å². The number of nitrogens with one attached hydrogen (secondary N) is 1. The summed E-state index contributed by atoms with van der Waals surface area (Å²) in [5.74, 6) is 0.873. The summed E-state index contributed by atoms with van der Waals surface area (Å²) in [5.41, 5.74) is 0. The van der Waals surface area contributed by atoms with E-state index in [1.54, 1.807) is 12.4 Å². The molecular formula is C8H13N3. The van der Waals surface area contributed by atoms with Crippen LogP contribution in [0.2, 0.25) is 0 Å². The molecule has 3 heteroatoms. The van der Waals surface area contributed by atoms with Gasteiger partial charge in [-0.15, -0.1) is 0 Å². The summed E-state index contributed by atoms with van der Waals surface area (Å²) in [7, 11) is 1.92. The van der Waals surface area contributed by atoms with Crippen molar-refractivity contribution in [3.8, 4) is 0 Å². The van der Waals surface area contributed by atoms with Gasteiger partial charge in [-0.05, 0) is 19.5 Å². The minimum absolute atomic E-state index is 0.288. The zero-order valence-electron chi connectivity index (χ0n) is 6.91. The van der Waals surface area contributed by atoms with Crippen molar-refractivity contribution in [1.29, 1.82) is 0 Å². The molecule has 1 heterocycles. The highest BCUT2D eigenvalue weighted by atomic mass is 15.0. The van der Waals surface area contributed by atoms with Gasteiger partial charge >= 0.3 is 0 Å². The molecule has 3 nitrogen and oxygen atoms in total. The third kappa shape index (κ3) is 1.98. The Bertz CT molecular complexity index is 194. The lowest BCUT2D eigenvalue weighted by molar-refractivity contribution is 0.544. The highest BCUT2D eigenvalue weighted by Gasteiger charge is 2.06. The average Bonchev–Trinajstić information content (AvgIpc) is 2.09. The molecule has 0 amide bonds. The average molecular weight is 151 g/mol. The van der Waals surface area contributed by atoms with Gasteiger partial charge in [0.25, 0.3) is 0 Å². The lowest BCUT2D eigenvalue weighted by Crippen LogP contribution is -2.17. The first-order valence-corrected chi connectivity index (χ1v) is 3.82. The molecule has 0 fully saturated rings. The Kier molecular flexibility index (Phi) is 2.98. The Balaban J connectivity index is 2.74. The molecule has 0 aliphatic carbocycles. The van der Waals surface area contributed by atoms with Gasteiger partial charge in [0.2, 0.25) is 0 Å². The van der Waals surface area contributed by atoms with E-state index in [0.29, 0.717) is 0 Å². The smallest absolute Gasteiger partial charge is 0.145 e. The van der Waals surface area contributed by atoms with Gasteiger partial charge in [-0.3, -0.25) is 0 Å². The molecule has 1 unspecified atom stereocenters. The number of hydrogen-bond acceptors (Lipinski definition) is 3. The normalized spacial score (nSPS) is 12.9. The molecule has 1 N–H and O–H groups in total. The molecule has 1 aromatic heterocycles. The molecule has 0 radical (unpaired) electrons. The number of nitrogens with zero attached hydrogens (tertiary/aromatic N) is 2. The van der Waals surface area contributed by atoms with Crippen molar-refractivity contribution in [1.82, 2.24) is 15.3 Å². The molecule has 1 atom stereocenters. The van der Waals surface area contributed by atoms with Gasteiger partial charge in [-0.2, -0.15) is 0 Å². The second kappa shape index (κ2) is 4.03. The second-order valence-corrected chi connectivity index (χ2v) is 2.36. The first kappa shape index (κ1) is 8.14. The highest BCUT2D eigenvalue weighted by Crippen LogP contribution is 2.08. The van der Waals surface area contributed by atoms with Crippen LogP contribution in [0.1, 0.15) is 25.2 Å². The van der Waals surface area contributed by atoms with Crippen LogP contribution in [0.5, 0.6) is 0 Å². The van der Waals surface area contributed by atoms with E-state index in [1.165, 1.54) is 0 Å². The van der Waals surface area contributed by atoms with Crippen LogP contribution in [0.3, 0.4) is 0 Å². The van der Waals surface area contributed by atoms with Crippen LogP contribution in [0.25, 0.3) is 0 Å². The molecule has 0 aromatic carbocycles. The lowest BCUT2D eigenvalue weighted by atomic mass is 10.2. The van der Waals surface area contributed by atoms with E-state index in [-0.39, 0.29) is 6.04 Å². The Morgan fingerprint density at radius 1 is 1.45 bits per heavy atom. The fourth-order valence-corrected chi connectivity index (χ4v) is 1.01. The third-order valence-electron chi connectivity index (χ3n) is 1.65. The quantitative estimate of drug-likeness (QED) is 0.704. The molecule has 1 aromatic rings. The van der Waals surface area contributed by atoms with Crippen LogP contribution < -0.4 is 5.32 Å². The predicted octanol–water partition coefficient (Wildman–Crippen LogP) is 1.15. The maximum Gasteiger partial charge on any atom is 0.145 e. The van der Waals surface area contributed by atoms with Crippen molar-refractivity contribution < 1.29 is 0 Å². The summed E-state index contributed by atoms with van der Waals surface area (Å²) < 4.78 is 0. The topological polar surface area (TPSA) is 37.8 Å². The first-order valence-electron chi connectivity index (χ1n) is 3.82. The summed E-state index contributed by atoms with van der Waals surface area (Å²) in [6.45, 7) is 2.11. The van der Waals surface area contributed by atoms with E-state index >= 15 is 0 Å². The van der Waals surface area contributed by atoms with Crippen molar-refractivity contribution >= 4 is 0 Å². The van der Waals surface area contributed by atoms with Crippen molar-refractivity contribution in [3.05, 3.63) is 24.3 Å². The van der Waals surface area contributed by atoms with E-state index in [2.05, 4.69) is 22.2 Å². The molecule has 1 rings (SSSR count). The zero-order valence-corrected chi connectivity index (χ0v) is 6.91. The molecule has 0 spiro atoms. The van der Waals surface area contributed by atoms with Crippen molar-refractivity contribution in [2.24, 2.45) is 0 Å². The fourth-order valence-electron chi connectivity index (χ4n) is 1.01.